The minimum atomic E-state index is -3.88. The van der Waals surface area contributed by atoms with Gasteiger partial charge in [0.05, 0.1) is 11.9 Å². The first-order valence-corrected chi connectivity index (χ1v) is 15.8. The van der Waals surface area contributed by atoms with E-state index in [0.29, 0.717) is 16.3 Å². The van der Waals surface area contributed by atoms with Crippen molar-refractivity contribution >= 4 is 55.1 Å². The number of hydrogen-bond donors (Lipinski definition) is 1. The molecule has 1 unspecified atom stereocenters. The summed E-state index contributed by atoms with van der Waals surface area (Å²) in [4.78, 5) is 29.4. The molecule has 2 amide bonds. The zero-order valence-electron chi connectivity index (χ0n) is 23.3. The van der Waals surface area contributed by atoms with Crippen molar-refractivity contribution in [3.8, 4) is 0 Å². The molecule has 0 spiro atoms. The first kappa shape index (κ1) is 31.6. The number of halogens is 2. The van der Waals surface area contributed by atoms with Crippen LogP contribution in [0.2, 0.25) is 5.02 Å². The zero-order chi connectivity index (χ0) is 29.7. The molecule has 7 nitrogen and oxygen atoms in total. The van der Waals surface area contributed by atoms with Gasteiger partial charge in [0.1, 0.15) is 12.6 Å². The average molecular weight is 649 g/mol. The third-order valence-electron chi connectivity index (χ3n) is 6.20. The summed E-state index contributed by atoms with van der Waals surface area (Å²) in [6.45, 7) is 6.92. The third kappa shape index (κ3) is 8.81. The SMILES string of the molecule is Cc1c(Cl)cccc1N(CC(=O)N(Cc1cccc(Br)c1)C(Cc1ccccc1)C(=O)NC(C)(C)C)S(C)(=O)=O. The van der Waals surface area contributed by atoms with E-state index in [-0.39, 0.29) is 18.9 Å². The molecular weight excluding hydrogens is 614 g/mol. The smallest absolute Gasteiger partial charge is 0.244 e. The van der Waals surface area contributed by atoms with Crippen molar-refractivity contribution in [1.82, 2.24) is 10.2 Å². The first-order valence-electron chi connectivity index (χ1n) is 12.8. The highest BCUT2D eigenvalue weighted by atomic mass is 79.9. The lowest BCUT2D eigenvalue weighted by Gasteiger charge is -2.35. The first-order chi connectivity index (χ1) is 18.7. The third-order valence-corrected chi connectivity index (χ3v) is 8.23. The fourth-order valence-corrected chi connectivity index (χ4v) is 5.82. The van der Waals surface area contributed by atoms with Gasteiger partial charge in [0.15, 0.2) is 0 Å². The van der Waals surface area contributed by atoms with Crippen LogP contribution in [0, 0.1) is 6.92 Å². The lowest BCUT2D eigenvalue weighted by atomic mass is 10.0. The molecule has 3 rings (SSSR count). The predicted molar refractivity (Wildman–Crippen MR) is 165 cm³/mol. The van der Waals surface area contributed by atoms with Crippen LogP contribution in [-0.4, -0.2) is 49.5 Å². The van der Waals surface area contributed by atoms with Gasteiger partial charge in [-0.1, -0.05) is 76.1 Å². The second kappa shape index (κ2) is 13.2. The summed E-state index contributed by atoms with van der Waals surface area (Å²) in [5.41, 5.74) is 1.95. The maximum atomic E-state index is 14.2. The lowest BCUT2D eigenvalue weighted by Crippen LogP contribution is -2.56. The number of hydrogen-bond acceptors (Lipinski definition) is 4. The van der Waals surface area contributed by atoms with Crippen LogP contribution in [0.3, 0.4) is 0 Å². The number of rotatable bonds is 10. The molecule has 0 aliphatic rings. The summed E-state index contributed by atoms with van der Waals surface area (Å²) in [5.74, 6) is -0.848. The van der Waals surface area contributed by atoms with E-state index in [1.807, 2.05) is 75.4 Å². The van der Waals surface area contributed by atoms with Crippen LogP contribution < -0.4 is 9.62 Å². The van der Waals surface area contributed by atoms with Gasteiger partial charge in [-0.3, -0.25) is 13.9 Å². The molecule has 0 bridgehead atoms. The number of carbonyl (C=O) groups excluding carboxylic acids is 2. The van der Waals surface area contributed by atoms with Crippen molar-refractivity contribution in [1.29, 1.82) is 0 Å². The number of amides is 2. The van der Waals surface area contributed by atoms with Crippen LogP contribution in [-0.2, 0) is 32.6 Å². The van der Waals surface area contributed by atoms with Crippen LogP contribution in [0.5, 0.6) is 0 Å². The Morgan fingerprint density at radius 2 is 1.60 bits per heavy atom. The van der Waals surface area contributed by atoms with Gasteiger partial charge in [-0.25, -0.2) is 8.42 Å². The van der Waals surface area contributed by atoms with E-state index in [2.05, 4.69) is 21.2 Å². The van der Waals surface area contributed by atoms with Crippen LogP contribution >= 0.6 is 27.5 Å². The van der Waals surface area contributed by atoms with Gasteiger partial charge < -0.3 is 10.2 Å². The maximum absolute atomic E-state index is 14.2. The van der Waals surface area contributed by atoms with Crippen molar-refractivity contribution in [3.05, 3.63) is 99.0 Å². The molecule has 0 aliphatic heterocycles. The van der Waals surface area contributed by atoms with Gasteiger partial charge >= 0.3 is 0 Å². The minimum absolute atomic E-state index is 0.0967. The summed E-state index contributed by atoms with van der Waals surface area (Å²) in [6.07, 6.45) is 1.30. The topological polar surface area (TPSA) is 86.8 Å². The van der Waals surface area contributed by atoms with Crippen molar-refractivity contribution in [2.24, 2.45) is 0 Å². The minimum Gasteiger partial charge on any atom is -0.350 e. The van der Waals surface area contributed by atoms with Crippen molar-refractivity contribution < 1.29 is 18.0 Å². The van der Waals surface area contributed by atoms with Crippen molar-refractivity contribution in [2.75, 3.05) is 17.1 Å². The van der Waals surface area contributed by atoms with Crippen molar-refractivity contribution in [2.45, 2.75) is 52.2 Å². The largest absolute Gasteiger partial charge is 0.350 e. The molecule has 0 saturated heterocycles. The molecule has 1 N–H and O–H groups in total. The lowest BCUT2D eigenvalue weighted by molar-refractivity contribution is -0.140. The van der Waals surface area contributed by atoms with E-state index in [0.717, 1.165) is 26.2 Å². The zero-order valence-corrected chi connectivity index (χ0v) is 26.5. The average Bonchev–Trinajstić information content (AvgIpc) is 2.85. The van der Waals surface area contributed by atoms with Crippen molar-refractivity contribution in [3.63, 3.8) is 0 Å². The standard InChI is InChI=1S/C30H35BrClN3O4S/c1-21-25(32)15-10-16-26(21)35(40(5,38)39)20-28(36)34(19-23-13-9-14-24(31)17-23)27(29(37)33-30(2,3)4)18-22-11-7-6-8-12-22/h6-17,27H,18-20H2,1-5H3,(H,33,37). The fraction of sp³-hybridized carbons (Fsp3) is 0.333. The number of benzene rings is 3. The quantitative estimate of drug-likeness (QED) is 0.304. The summed E-state index contributed by atoms with van der Waals surface area (Å²) in [7, 11) is -3.88. The van der Waals surface area contributed by atoms with Gasteiger partial charge in [0.25, 0.3) is 0 Å². The Bertz CT molecular complexity index is 1460. The normalized spacial score (nSPS) is 12.5. The molecule has 0 fully saturated rings. The molecule has 0 aromatic heterocycles. The molecule has 0 radical (unpaired) electrons. The molecular formula is C30H35BrClN3O4S. The Hall–Kier alpha value is -2.88. The van der Waals surface area contributed by atoms with Gasteiger partial charge in [0.2, 0.25) is 21.8 Å². The molecule has 10 heteroatoms. The van der Waals surface area contributed by atoms with Crippen LogP contribution in [0.15, 0.2) is 77.3 Å². The van der Waals surface area contributed by atoms with Gasteiger partial charge in [-0.05, 0) is 68.7 Å². The van der Waals surface area contributed by atoms with Gasteiger partial charge in [-0.15, -0.1) is 0 Å². The Kier molecular flexibility index (Phi) is 10.4. The summed E-state index contributed by atoms with van der Waals surface area (Å²) < 4.78 is 27.8. The van der Waals surface area contributed by atoms with E-state index in [1.165, 1.54) is 4.90 Å². The second-order valence-electron chi connectivity index (χ2n) is 10.7. The fourth-order valence-electron chi connectivity index (χ4n) is 4.30. The molecule has 0 aliphatic carbocycles. The van der Waals surface area contributed by atoms with Crippen LogP contribution in [0.4, 0.5) is 5.69 Å². The van der Waals surface area contributed by atoms with Crippen LogP contribution in [0.25, 0.3) is 0 Å². The van der Waals surface area contributed by atoms with E-state index in [9.17, 15) is 18.0 Å². The van der Waals surface area contributed by atoms with Gasteiger partial charge in [0, 0.05) is 28.0 Å². The molecule has 3 aromatic rings. The Balaban J connectivity index is 2.10. The molecule has 1 atom stereocenters. The predicted octanol–water partition coefficient (Wildman–Crippen LogP) is 5.73. The van der Waals surface area contributed by atoms with E-state index < -0.39 is 34.1 Å². The molecule has 214 valence electrons. The number of anilines is 1. The molecule has 0 saturated carbocycles. The van der Waals surface area contributed by atoms with Crippen LogP contribution in [0.1, 0.15) is 37.5 Å². The maximum Gasteiger partial charge on any atom is 0.244 e. The number of nitrogens with zero attached hydrogens (tertiary/aromatic N) is 2. The van der Waals surface area contributed by atoms with E-state index >= 15 is 0 Å². The molecule has 0 heterocycles. The van der Waals surface area contributed by atoms with E-state index in [4.69, 9.17) is 11.6 Å². The highest BCUT2D eigenvalue weighted by Crippen LogP contribution is 2.29. The van der Waals surface area contributed by atoms with Gasteiger partial charge in [-0.2, -0.15) is 0 Å². The Labute approximate surface area is 250 Å². The highest BCUT2D eigenvalue weighted by Gasteiger charge is 2.34. The summed E-state index contributed by atoms with van der Waals surface area (Å²) in [6, 6.07) is 20.9. The molecule has 40 heavy (non-hydrogen) atoms. The molecule has 3 aromatic carbocycles. The number of sulfonamides is 1. The number of carbonyl (C=O) groups is 2. The van der Waals surface area contributed by atoms with E-state index in [1.54, 1.807) is 25.1 Å². The number of nitrogens with one attached hydrogen (secondary N) is 1. The summed E-state index contributed by atoms with van der Waals surface area (Å²) >= 11 is 9.78. The monoisotopic (exact) mass is 647 g/mol. The summed E-state index contributed by atoms with van der Waals surface area (Å²) in [5, 5.41) is 3.40. The second-order valence-corrected chi connectivity index (χ2v) is 14.0. The highest BCUT2D eigenvalue weighted by molar-refractivity contribution is 9.10. The Morgan fingerprint density at radius 3 is 2.20 bits per heavy atom. The Morgan fingerprint density at radius 1 is 0.975 bits per heavy atom.